The predicted molar refractivity (Wildman–Crippen MR) is 72.3 cm³/mol. The molecule has 2 rings (SSSR count). The Hall–Kier alpha value is -2.57. The zero-order valence-corrected chi connectivity index (χ0v) is 11.6. The van der Waals surface area contributed by atoms with Crippen LogP contribution in [0.4, 0.5) is 13.2 Å². The molecule has 0 fully saturated rings. The van der Waals surface area contributed by atoms with Crippen LogP contribution in [0.2, 0.25) is 0 Å². The average molecular weight is 311 g/mol. The fourth-order valence-corrected chi connectivity index (χ4v) is 1.82. The topological polar surface area (TPSA) is 48.4 Å². The smallest absolute Gasteiger partial charge is 0.462 e. The highest BCUT2D eigenvalue weighted by molar-refractivity contribution is 5.93. The molecule has 1 heterocycles. The Balaban J connectivity index is 2.45. The second-order valence-electron chi connectivity index (χ2n) is 4.22. The molecule has 0 aliphatic carbocycles. The van der Waals surface area contributed by atoms with Gasteiger partial charge in [0.1, 0.15) is 11.3 Å². The van der Waals surface area contributed by atoms with Crippen LogP contribution in [0.15, 0.2) is 42.7 Å². The predicted octanol–water partition coefficient (Wildman–Crippen LogP) is 3.82. The summed E-state index contributed by atoms with van der Waals surface area (Å²) in [4.78, 5) is 15.6. The van der Waals surface area contributed by atoms with Crippen molar-refractivity contribution in [3.63, 3.8) is 0 Å². The molecule has 4 nitrogen and oxygen atoms in total. The number of alkyl halides is 3. The molecule has 0 unspecified atom stereocenters. The van der Waals surface area contributed by atoms with E-state index in [1.165, 1.54) is 18.3 Å². The Kier molecular flexibility index (Phi) is 4.65. The summed E-state index contributed by atoms with van der Waals surface area (Å²) in [5.74, 6) is -1.48. The fourth-order valence-electron chi connectivity index (χ4n) is 1.82. The molecule has 0 bridgehead atoms. The zero-order chi connectivity index (χ0) is 16.2. The van der Waals surface area contributed by atoms with Gasteiger partial charge in [-0.25, -0.2) is 4.79 Å². The van der Waals surface area contributed by atoms with Crippen LogP contribution in [0.5, 0.6) is 5.75 Å². The standard InChI is InChI=1S/C15H12F3NO3/c1-2-21-14(20)12-6-5-10(11-4-3-7-19-9-11)8-13(12)22-15(16,17)18/h3-9H,2H2,1H3. The summed E-state index contributed by atoms with van der Waals surface area (Å²) in [5.41, 5.74) is 0.761. The van der Waals surface area contributed by atoms with Gasteiger partial charge in [0.2, 0.25) is 0 Å². The number of carbonyl (C=O) groups excluding carboxylic acids is 1. The van der Waals surface area contributed by atoms with Crippen LogP contribution in [0, 0.1) is 0 Å². The second kappa shape index (κ2) is 6.46. The maximum absolute atomic E-state index is 12.5. The van der Waals surface area contributed by atoms with Gasteiger partial charge in [-0.3, -0.25) is 4.98 Å². The van der Waals surface area contributed by atoms with Crippen molar-refractivity contribution >= 4 is 5.97 Å². The molecule has 0 atom stereocenters. The summed E-state index contributed by atoms with van der Waals surface area (Å²) >= 11 is 0. The van der Waals surface area contributed by atoms with E-state index in [2.05, 4.69) is 9.72 Å². The van der Waals surface area contributed by atoms with E-state index in [0.717, 1.165) is 6.07 Å². The molecule has 0 amide bonds. The van der Waals surface area contributed by atoms with Crippen molar-refractivity contribution in [1.29, 1.82) is 0 Å². The average Bonchev–Trinajstić information content (AvgIpc) is 2.46. The summed E-state index contributed by atoms with van der Waals surface area (Å²) in [5, 5.41) is 0. The molecular formula is C15H12F3NO3. The van der Waals surface area contributed by atoms with Crippen molar-refractivity contribution in [3.05, 3.63) is 48.3 Å². The first-order valence-corrected chi connectivity index (χ1v) is 6.38. The maximum Gasteiger partial charge on any atom is 0.573 e. The number of hydrogen-bond acceptors (Lipinski definition) is 4. The number of hydrogen-bond donors (Lipinski definition) is 0. The van der Waals surface area contributed by atoms with Crippen molar-refractivity contribution in [2.75, 3.05) is 6.61 Å². The van der Waals surface area contributed by atoms with Gasteiger partial charge in [-0.15, -0.1) is 13.2 Å². The molecule has 0 spiro atoms. The summed E-state index contributed by atoms with van der Waals surface area (Å²) in [7, 11) is 0. The molecule has 1 aromatic heterocycles. The van der Waals surface area contributed by atoms with Crippen LogP contribution >= 0.6 is 0 Å². The number of benzene rings is 1. The molecule has 2 aromatic rings. The van der Waals surface area contributed by atoms with Crippen molar-refractivity contribution in [1.82, 2.24) is 4.98 Å². The molecule has 116 valence electrons. The fraction of sp³-hybridized carbons (Fsp3) is 0.200. The molecule has 0 aliphatic heterocycles. The van der Waals surface area contributed by atoms with Crippen LogP contribution in [0.1, 0.15) is 17.3 Å². The van der Waals surface area contributed by atoms with E-state index in [9.17, 15) is 18.0 Å². The molecule has 0 saturated carbocycles. The van der Waals surface area contributed by atoms with E-state index < -0.39 is 18.1 Å². The van der Waals surface area contributed by atoms with E-state index in [1.54, 1.807) is 25.3 Å². The van der Waals surface area contributed by atoms with Crippen molar-refractivity contribution in [2.24, 2.45) is 0 Å². The minimum absolute atomic E-state index is 0.0502. The summed E-state index contributed by atoms with van der Waals surface area (Å²) in [6.07, 6.45) is -1.87. The number of halogens is 3. The second-order valence-corrected chi connectivity index (χ2v) is 4.22. The SMILES string of the molecule is CCOC(=O)c1ccc(-c2cccnc2)cc1OC(F)(F)F. The number of esters is 1. The third-order valence-electron chi connectivity index (χ3n) is 2.70. The maximum atomic E-state index is 12.5. The minimum atomic E-state index is -4.91. The third kappa shape index (κ3) is 3.97. The van der Waals surface area contributed by atoms with E-state index in [1.807, 2.05) is 0 Å². The Morgan fingerprint density at radius 1 is 1.23 bits per heavy atom. The summed E-state index contributed by atoms with van der Waals surface area (Å²) in [6.45, 7) is 1.61. The van der Waals surface area contributed by atoms with Crippen molar-refractivity contribution in [3.8, 4) is 16.9 Å². The molecule has 22 heavy (non-hydrogen) atoms. The molecule has 0 saturated heterocycles. The monoisotopic (exact) mass is 311 g/mol. The lowest BCUT2D eigenvalue weighted by Crippen LogP contribution is -2.19. The molecule has 1 aromatic carbocycles. The largest absolute Gasteiger partial charge is 0.573 e. The summed E-state index contributed by atoms with van der Waals surface area (Å²) < 4.78 is 46.2. The first-order valence-electron chi connectivity index (χ1n) is 6.38. The Bertz CT molecular complexity index is 657. The van der Waals surface area contributed by atoms with Crippen LogP contribution < -0.4 is 4.74 Å². The van der Waals surface area contributed by atoms with E-state index >= 15 is 0 Å². The number of ether oxygens (including phenoxy) is 2. The van der Waals surface area contributed by atoms with Crippen LogP contribution in [0.25, 0.3) is 11.1 Å². The highest BCUT2D eigenvalue weighted by Gasteiger charge is 2.33. The number of rotatable bonds is 4. The normalized spacial score (nSPS) is 11.1. The number of nitrogens with zero attached hydrogens (tertiary/aromatic N) is 1. The molecular weight excluding hydrogens is 299 g/mol. The minimum Gasteiger partial charge on any atom is -0.462 e. The zero-order valence-electron chi connectivity index (χ0n) is 11.6. The quantitative estimate of drug-likeness (QED) is 0.805. The molecule has 7 heteroatoms. The van der Waals surface area contributed by atoms with Gasteiger partial charge in [-0.2, -0.15) is 0 Å². The Morgan fingerprint density at radius 3 is 2.59 bits per heavy atom. The first kappa shape index (κ1) is 15.8. The van der Waals surface area contributed by atoms with E-state index in [0.29, 0.717) is 11.1 Å². The number of carbonyl (C=O) groups is 1. The first-order chi connectivity index (χ1) is 10.4. The van der Waals surface area contributed by atoms with Gasteiger partial charge in [-0.05, 0) is 30.7 Å². The van der Waals surface area contributed by atoms with Crippen LogP contribution in [0.3, 0.4) is 0 Å². The van der Waals surface area contributed by atoms with Crippen molar-refractivity contribution in [2.45, 2.75) is 13.3 Å². The highest BCUT2D eigenvalue weighted by atomic mass is 19.4. The number of aromatic nitrogens is 1. The molecule has 0 N–H and O–H groups in total. The van der Waals surface area contributed by atoms with Gasteiger partial charge in [0.25, 0.3) is 0 Å². The lowest BCUT2D eigenvalue weighted by Gasteiger charge is -2.14. The van der Waals surface area contributed by atoms with Gasteiger partial charge in [0.05, 0.1) is 6.61 Å². The molecule has 0 aliphatic rings. The van der Waals surface area contributed by atoms with Gasteiger partial charge in [0, 0.05) is 18.0 Å². The van der Waals surface area contributed by atoms with Crippen LogP contribution in [-0.2, 0) is 4.74 Å². The lowest BCUT2D eigenvalue weighted by molar-refractivity contribution is -0.274. The van der Waals surface area contributed by atoms with Gasteiger partial charge >= 0.3 is 12.3 Å². The van der Waals surface area contributed by atoms with E-state index in [4.69, 9.17) is 4.74 Å². The third-order valence-corrected chi connectivity index (χ3v) is 2.70. The van der Waals surface area contributed by atoms with Gasteiger partial charge < -0.3 is 9.47 Å². The Labute approximate surface area is 124 Å². The van der Waals surface area contributed by atoms with Gasteiger partial charge in [-0.1, -0.05) is 12.1 Å². The van der Waals surface area contributed by atoms with E-state index in [-0.39, 0.29) is 12.2 Å². The van der Waals surface area contributed by atoms with Gasteiger partial charge in [0.15, 0.2) is 0 Å². The lowest BCUT2D eigenvalue weighted by atomic mass is 10.0. The highest BCUT2D eigenvalue weighted by Crippen LogP contribution is 2.31. The van der Waals surface area contributed by atoms with Crippen LogP contribution in [-0.4, -0.2) is 23.9 Å². The molecule has 0 radical (unpaired) electrons. The van der Waals surface area contributed by atoms with Crippen molar-refractivity contribution < 1.29 is 27.4 Å². The summed E-state index contributed by atoms with van der Waals surface area (Å²) in [6, 6.07) is 7.22. The number of pyridine rings is 1. The Morgan fingerprint density at radius 2 is 2.00 bits per heavy atom.